The van der Waals surface area contributed by atoms with Gasteiger partial charge in [0.2, 0.25) is 5.95 Å². The van der Waals surface area contributed by atoms with Crippen LogP contribution in [0.5, 0.6) is 0 Å². The molecule has 3 saturated heterocycles. The standard InChI is InChI=1S/C20H24N10O13P2/c21-14-8-15(24-3-23-14)29(4-25-8)18-10(31)12-6(40-18)1-38-45(36,37)43-13-7(2-39-44(34,35)42-12)41-19(11(13)32)30-5-26-9-16(30)27-20(22)28-17(9)33/h3-7,10-13,18-19,31-32H,1-2H2,(H,34,35)(H,36,37)(H2,21,23,24)(H3,22,27,28,33). The Balaban J connectivity index is 1.17. The molecular formula is C20H24N10O13P2. The van der Waals surface area contributed by atoms with Crippen molar-refractivity contribution in [1.29, 1.82) is 0 Å². The number of aliphatic hydroxyl groups excluding tert-OH is 2. The predicted molar refractivity (Wildman–Crippen MR) is 143 cm³/mol. The van der Waals surface area contributed by atoms with E-state index in [1.807, 2.05) is 0 Å². The first-order valence-electron chi connectivity index (χ1n) is 13.0. The van der Waals surface area contributed by atoms with Crippen LogP contribution >= 0.6 is 15.6 Å². The highest BCUT2D eigenvalue weighted by atomic mass is 31.2. The molecule has 0 radical (unpaired) electrons. The Morgan fingerprint density at radius 3 is 1.93 bits per heavy atom. The summed E-state index contributed by atoms with van der Waals surface area (Å²) in [6.45, 7) is -1.65. The fourth-order valence-corrected chi connectivity index (χ4v) is 7.25. The third kappa shape index (κ3) is 5.31. The van der Waals surface area contributed by atoms with Crippen LogP contribution in [0, 0.1) is 0 Å². The summed E-state index contributed by atoms with van der Waals surface area (Å²) in [6, 6.07) is 0. The average molecular weight is 674 g/mol. The molecule has 3 fully saturated rings. The molecule has 4 aromatic rings. The van der Waals surface area contributed by atoms with Crippen LogP contribution in [0.15, 0.2) is 23.8 Å². The van der Waals surface area contributed by atoms with Gasteiger partial charge >= 0.3 is 15.6 Å². The average Bonchev–Trinajstić information content (AvgIpc) is 3.72. The number of aromatic amines is 1. The number of hydrogen-bond donors (Lipinski definition) is 7. The largest absolute Gasteiger partial charge is 0.472 e. The van der Waals surface area contributed by atoms with Gasteiger partial charge in [-0.25, -0.2) is 29.1 Å². The maximum atomic E-state index is 13.1. The third-order valence-electron chi connectivity index (χ3n) is 7.32. The van der Waals surface area contributed by atoms with Crippen LogP contribution in [-0.4, -0.2) is 109 Å². The molecule has 0 spiro atoms. The van der Waals surface area contributed by atoms with E-state index in [1.54, 1.807) is 0 Å². The summed E-state index contributed by atoms with van der Waals surface area (Å²) in [4.78, 5) is 55.6. The van der Waals surface area contributed by atoms with E-state index < -0.39 is 83.5 Å². The van der Waals surface area contributed by atoms with Crippen LogP contribution in [0.1, 0.15) is 12.5 Å². The summed E-state index contributed by atoms with van der Waals surface area (Å²) in [7, 11) is -10.1. The van der Waals surface area contributed by atoms with Crippen molar-refractivity contribution in [2.45, 2.75) is 49.1 Å². The Bertz CT molecular complexity index is 1940. The molecule has 0 amide bonds. The Morgan fingerprint density at radius 2 is 1.36 bits per heavy atom. The van der Waals surface area contributed by atoms with Crippen LogP contribution in [0.2, 0.25) is 0 Å². The molecule has 10 unspecified atom stereocenters. The zero-order valence-corrected chi connectivity index (χ0v) is 24.2. The highest BCUT2D eigenvalue weighted by Crippen LogP contribution is 2.53. The lowest BCUT2D eigenvalue weighted by atomic mass is 10.1. The molecule has 0 aliphatic carbocycles. The van der Waals surface area contributed by atoms with Crippen LogP contribution in [0.25, 0.3) is 22.3 Å². The predicted octanol–water partition coefficient (Wildman–Crippen LogP) is -2.34. The Morgan fingerprint density at radius 1 is 0.822 bits per heavy atom. The smallest absolute Gasteiger partial charge is 0.386 e. The van der Waals surface area contributed by atoms with Gasteiger partial charge in [0, 0.05) is 0 Å². The normalized spacial score (nSPS) is 37.7. The van der Waals surface area contributed by atoms with Crippen molar-refractivity contribution >= 4 is 49.7 Å². The number of nitrogens with two attached hydrogens (primary N) is 2. The van der Waals surface area contributed by atoms with Crippen molar-refractivity contribution in [3.05, 3.63) is 29.3 Å². The number of rotatable bonds is 2. The molecule has 0 saturated carbocycles. The summed E-state index contributed by atoms with van der Waals surface area (Å²) in [5.74, 6) is -0.230. The van der Waals surface area contributed by atoms with E-state index in [-0.39, 0.29) is 34.1 Å². The van der Waals surface area contributed by atoms with Gasteiger partial charge in [-0.2, -0.15) is 4.98 Å². The van der Waals surface area contributed by atoms with E-state index in [4.69, 9.17) is 39.0 Å². The van der Waals surface area contributed by atoms with E-state index in [0.717, 1.165) is 17.2 Å². The fourth-order valence-electron chi connectivity index (χ4n) is 5.32. The Hall–Kier alpha value is -3.44. The number of anilines is 2. The summed E-state index contributed by atoms with van der Waals surface area (Å²) in [5, 5.41) is 22.2. The number of phosphoric ester groups is 2. The molecule has 7 rings (SSSR count). The number of H-pyrrole nitrogens is 1. The molecule has 9 N–H and O–H groups in total. The fraction of sp³-hybridized carbons (Fsp3) is 0.500. The molecule has 10 atom stereocenters. The number of ether oxygens (including phenoxy) is 2. The quantitative estimate of drug-likeness (QED) is 0.109. The third-order valence-corrected chi connectivity index (χ3v) is 9.29. The summed E-state index contributed by atoms with van der Waals surface area (Å²) in [5.41, 5.74) is 10.8. The first kappa shape index (κ1) is 30.2. The van der Waals surface area contributed by atoms with Crippen LogP contribution < -0.4 is 17.0 Å². The minimum atomic E-state index is -5.06. The molecule has 4 aromatic heterocycles. The SMILES string of the molecule is Nc1nc2c(ncn2C2OC3COP(=O)(O)OC4C(COP(=O)(O)OC3C2O)OC(n2cnc3c(N)ncnc32)C4O)c(=O)[nH]1. The van der Waals surface area contributed by atoms with Crippen LogP contribution in [-0.2, 0) is 36.7 Å². The van der Waals surface area contributed by atoms with E-state index in [2.05, 4.69) is 29.9 Å². The lowest BCUT2D eigenvalue weighted by Gasteiger charge is -2.27. The summed E-state index contributed by atoms with van der Waals surface area (Å²) >= 11 is 0. The van der Waals surface area contributed by atoms with Gasteiger partial charge in [0.05, 0.1) is 25.9 Å². The van der Waals surface area contributed by atoms with Crippen molar-refractivity contribution in [2.24, 2.45) is 0 Å². The molecular weight excluding hydrogens is 650 g/mol. The van der Waals surface area contributed by atoms with Gasteiger partial charge in [-0.1, -0.05) is 0 Å². The molecule has 0 bridgehead atoms. The number of aromatic nitrogens is 8. The number of fused-ring (bicyclic) bond motifs is 4. The van der Waals surface area contributed by atoms with Crippen LogP contribution in [0.3, 0.4) is 0 Å². The molecule has 242 valence electrons. The highest BCUT2D eigenvalue weighted by molar-refractivity contribution is 7.47. The molecule has 7 heterocycles. The van der Waals surface area contributed by atoms with Gasteiger partial charge in [0.15, 0.2) is 35.1 Å². The second-order valence-corrected chi connectivity index (χ2v) is 13.0. The van der Waals surface area contributed by atoms with Crippen molar-refractivity contribution < 1.29 is 56.7 Å². The zero-order valence-electron chi connectivity index (χ0n) is 22.4. The van der Waals surface area contributed by atoms with Gasteiger partial charge in [-0.3, -0.25) is 37.0 Å². The lowest BCUT2D eigenvalue weighted by Crippen LogP contribution is -2.39. The Kier molecular flexibility index (Phi) is 7.27. The lowest BCUT2D eigenvalue weighted by molar-refractivity contribution is -0.0664. The summed E-state index contributed by atoms with van der Waals surface area (Å²) in [6.07, 6.45) is -9.11. The highest BCUT2D eigenvalue weighted by Gasteiger charge is 2.54. The number of nitrogen functional groups attached to an aromatic ring is 2. The van der Waals surface area contributed by atoms with E-state index in [0.29, 0.717) is 0 Å². The number of nitrogens with one attached hydrogen (secondary N) is 1. The maximum Gasteiger partial charge on any atom is 0.472 e. The van der Waals surface area contributed by atoms with E-state index in [1.165, 1.54) is 10.9 Å². The number of nitrogens with zero attached hydrogens (tertiary/aromatic N) is 7. The van der Waals surface area contributed by atoms with Gasteiger partial charge in [0.1, 0.15) is 48.5 Å². The number of phosphoric acid groups is 2. The molecule has 3 aliphatic heterocycles. The molecule has 25 heteroatoms. The first-order chi connectivity index (χ1) is 21.3. The number of aliphatic hydroxyl groups is 2. The van der Waals surface area contributed by atoms with Crippen molar-refractivity contribution in [3.8, 4) is 0 Å². The molecule has 3 aliphatic rings. The van der Waals surface area contributed by atoms with Gasteiger partial charge in [-0.15, -0.1) is 0 Å². The second-order valence-electron chi connectivity index (χ2n) is 10.1. The first-order valence-corrected chi connectivity index (χ1v) is 15.9. The summed E-state index contributed by atoms with van der Waals surface area (Å²) < 4.78 is 60.9. The van der Waals surface area contributed by atoms with Gasteiger partial charge in [-0.05, 0) is 0 Å². The molecule has 45 heavy (non-hydrogen) atoms. The minimum Gasteiger partial charge on any atom is -0.386 e. The van der Waals surface area contributed by atoms with E-state index >= 15 is 0 Å². The second kappa shape index (κ2) is 10.8. The number of hydrogen-bond acceptors (Lipinski definition) is 18. The Labute approximate surface area is 248 Å². The maximum absolute atomic E-state index is 13.1. The molecule has 0 aromatic carbocycles. The van der Waals surface area contributed by atoms with Crippen molar-refractivity contribution in [3.63, 3.8) is 0 Å². The van der Waals surface area contributed by atoms with E-state index in [9.17, 15) is 33.9 Å². The zero-order chi connectivity index (χ0) is 31.8. The van der Waals surface area contributed by atoms with Gasteiger partial charge < -0.3 is 40.9 Å². The van der Waals surface area contributed by atoms with Crippen molar-refractivity contribution in [2.75, 3.05) is 24.7 Å². The minimum absolute atomic E-state index is 0.0383. The monoisotopic (exact) mass is 674 g/mol. The number of imidazole rings is 2. The molecule has 23 nitrogen and oxygen atoms in total. The van der Waals surface area contributed by atoms with Crippen molar-refractivity contribution in [1.82, 2.24) is 39.0 Å². The van der Waals surface area contributed by atoms with Gasteiger partial charge in [0.25, 0.3) is 5.56 Å². The van der Waals surface area contributed by atoms with Crippen LogP contribution in [0.4, 0.5) is 11.8 Å². The topological polar surface area (TPSA) is 330 Å².